The summed E-state index contributed by atoms with van der Waals surface area (Å²) in [6.07, 6.45) is 0.503. The van der Waals surface area contributed by atoms with Crippen molar-refractivity contribution >= 4 is 21.6 Å². The van der Waals surface area contributed by atoms with Crippen molar-refractivity contribution in [1.29, 1.82) is 0 Å². The Hall–Kier alpha value is -3.39. The molecular formula is C23H23FN2O4S. The summed E-state index contributed by atoms with van der Waals surface area (Å²) in [7, 11) is -2.48. The summed E-state index contributed by atoms with van der Waals surface area (Å²) in [5, 5.41) is 2.73. The van der Waals surface area contributed by atoms with Crippen LogP contribution in [0, 0.1) is 5.82 Å². The molecule has 0 spiro atoms. The van der Waals surface area contributed by atoms with E-state index in [-0.39, 0.29) is 17.3 Å². The third-order valence-corrected chi connectivity index (χ3v) is 6.42. The number of sulfonamides is 1. The van der Waals surface area contributed by atoms with Gasteiger partial charge in [0.25, 0.3) is 10.0 Å². The van der Waals surface area contributed by atoms with Gasteiger partial charge in [0.1, 0.15) is 18.1 Å². The van der Waals surface area contributed by atoms with Crippen LogP contribution in [-0.2, 0) is 21.2 Å². The Balaban J connectivity index is 1.74. The molecule has 0 aliphatic heterocycles. The zero-order valence-electron chi connectivity index (χ0n) is 17.0. The topological polar surface area (TPSA) is 75.7 Å². The van der Waals surface area contributed by atoms with Crippen molar-refractivity contribution in [3.8, 4) is 5.75 Å². The molecule has 0 radical (unpaired) electrons. The summed E-state index contributed by atoms with van der Waals surface area (Å²) in [4.78, 5) is 12.6. The van der Waals surface area contributed by atoms with Gasteiger partial charge in [0, 0.05) is 6.54 Å². The molecule has 0 bridgehead atoms. The molecule has 8 heteroatoms. The SMILES string of the molecule is COc1ccc(S(=O)(=O)N(CC(=O)NCCc2ccc(F)cc2)c2ccccc2)cc1. The van der Waals surface area contributed by atoms with Gasteiger partial charge < -0.3 is 10.1 Å². The fourth-order valence-corrected chi connectivity index (χ4v) is 4.39. The third kappa shape index (κ3) is 5.82. The molecule has 31 heavy (non-hydrogen) atoms. The number of carbonyl (C=O) groups excluding carboxylic acids is 1. The van der Waals surface area contributed by atoms with E-state index in [0.29, 0.717) is 24.4 Å². The first-order valence-corrected chi connectivity index (χ1v) is 11.1. The monoisotopic (exact) mass is 442 g/mol. The van der Waals surface area contributed by atoms with Crippen LogP contribution in [0.3, 0.4) is 0 Å². The first-order chi connectivity index (χ1) is 14.9. The van der Waals surface area contributed by atoms with Gasteiger partial charge in [-0.05, 0) is 60.5 Å². The molecule has 162 valence electrons. The fraction of sp³-hybridized carbons (Fsp3) is 0.174. The van der Waals surface area contributed by atoms with Crippen LogP contribution in [-0.4, -0.2) is 34.5 Å². The summed E-state index contributed by atoms with van der Waals surface area (Å²) in [5.41, 5.74) is 1.25. The number of rotatable bonds is 9. The summed E-state index contributed by atoms with van der Waals surface area (Å²) in [6, 6.07) is 20.4. The molecule has 0 heterocycles. The summed E-state index contributed by atoms with van der Waals surface area (Å²) >= 11 is 0. The molecule has 3 aromatic rings. The minimum absolute atomic E-state index is 0.0521. The van der Waals surface area contributed by atoms with Gasteiger partial charge in [-0.3, -0.25) is 9.10 Å². The zero-order valence-corrected chi connectivity index (χ0v) is 17.8. The van der Waals surface area contributed by atoms with E-state index in [4.69, 9.17) is 4.74 Å². The molecule has 0 aliphatic carbocycles. The van der Waals surface area contributed by atoms with Crippen LogP contribution in [0.2, 0.25) is 0 Å². The van der Waals surface area contributed by atoms with Gasteiger partial charge in [-0.15, -0.1) is 0 Å². The van der Waals surface area contributed by atoms with Gasteiger partial charge in [-0.2, -0.15) is 0 Å². The van der Waals surface area contributed by atoms with Gasteiger partial charge in [0.05, 0.1) is 17.7 Å². The number of methoxy groups -OCH3 is 1. The number of halogens is 1. The minimum atomic E-state index is -3.98. The van der Waals surface area contributed by atoms with E-state index in [1.165, 1.54) is 31.4 Å². The summed E-state index contributed by atoms with van der Waals surface area (Å²) in [5.74, 6) is -0.234. The maximum Gasteiger partial charge on any atom is 0.264 e. The van der Waals surface area contributed by atoms with Gasteiger partial charge >= 0.3 is 0 Å². The lowest BCUT2D eigenvalue weighted by Gasteiger charge is -2.24. The highest BCUT2D eigenvalue weighted by molar-refractivity contribution is 7.92. The highest BCUT2D eigenvalue weighted by Gasteiger charge is 2.27. The van der Waals surface area contributed by atoms with Gasteiger partial charge in [0.15, 0.2) is 0 Å². The molecule has 0 atom stereocenters. The second-order valence-corrected chi connectivity index (χ2v) is 8.61. The van der Waals surface area contributed by atoms with Crippen molar-refractivity contribution in [2.45, 2.75) is 11.3 Å². The van der Waals surface area contributed by atoms with Crippen molar-refractivity contribution in [1.82, 2.24) is 5.32 Å². The van der Waals surface area contributed by atoms with Gasteiger partial charge in [0.2, 0.25) is 5.91 Å². The number of carbonyl (C=O) groups is 1. The average molecular weight is 443 g/mol. The van der Waals surface area contributed by atoms with Crippen LogP contribution < -0.4 is 14.4 Å². The standard InChI is InChI=1S/C23H23FN2O4S/c1-30-21-11-13-22(14-12-21)31(28,29)26(20-5-3-2-4-6-20)17-23(27)25-16-15-18-7-9-19(24)10-8-18/h2-14H,15-17H2,1H3,(H,25,27). The normalized spacial score (nSPS) is 11.0. The van der Waals surface area contributed by atoms with E-state index in [1.807, 2.05) is 0 Å². The average Bonchev–Trinajstić information content (AvgIpc) is 2.79. The number of nitrogens with one attached hydrogen (secondary N) is 1. The Morgan fingerprint density at radius 2 is 1.61 bits per heavy atom. The Labute approximate surface area is 181 Å². The van der Waals surface area contributed by atoms with Crippen LogP contribution in [0.1, 0.15) is 5.56 Å². The minimum Gasteiger partial charge on any atom is -0.497 e. The molecule has 1 amide bonds. The largest absolute Gasteiger partial charge is 0.497 e. The summed E-state index contributed by atoms with van der Waals surface area (Å²) < 4.78 is 45.7. The molecule has 0 saturated heterocycles. The molecule has 0 saturated carbocycles. The maximum atomic E-state index is 13.3. The number of para-hydroxylation sites is 1. The molecule has 1 N–H and O–H groups in total. The van der Waals surface area contributed by atoms with Crippen molar-refractivity contribution in [2.75, 3.05) is 24.5 Å². The van der Waals surface area contributed by atoms with Crippen LogP contribution in [0.15, 0.2) is 83.8 Å². The fourth-order valence-electron chi connectivity index (χ4n) is 2.97. The Bertz CT molecular complexity index is 1100. The number of nitrogens with zero attached hydrogens (tertiary/aromatic N) is 1. The Morgan fingerprint density at radius 3 is 2.23 bits per heavy atom. The second kappa shape index (κ2) is 10.1. The third-order valence-electron chi connectivity index (χ3n) is 4.63. The lowest BCUT2D eigenvalue weighted by atomic mass is 10.1. The molecule has 0 aliphatic rings. The molecule has 3 rings (SSSR count). The van der Waals surface area contributed by atoms with Crippen molar-refractivity contribution < 1.29 is 22.3 Å². The lowest BCUT2D eigenvalue weighted by Crippen LogP contribution is -2.41. The lowest BCUT2D eigenvalue weighted by molar-refractivity contribution is -0.119. The number of benzene rings is 3. The first-order valence-electron chi connectivity index (χ1n) is 9.63. The van der Waals surface area contributed by atoms with Gasteiger partial charge in [-0.25, -0.2) is 12.8 Å². The van der Waals surface area contributed by atoms with E-state index in [2.05, 4.69) is 5.32 Å². The molecule has 6 nitrogen and oxygen atoms in total. The van der Waals surface area contributed by atoms with Crippen LogP contribution in [0.25, 0.3) is 0 Å². The summed E-state index contributed by atoms with van der Waals surface area (Å²) in [6.45, 7) is -0.0720. The van der Waals surface area contributed by atoms with Crippen molar-refractivity contribution in [3.05, 3.63) is 90.2 Å². The number of ether oxygens (including phenoxy) is 1. The van der Waals surface area contributed by atoms with Gasteiger partial charge in [-0.1, -0.05) is 30.3 Å². The highest BCUT2D eigenvalue weighted by Crippen LogP contribution is 2.24. The molecule has 3 aromatic carbocycles. The second-order valence-electron chi connectivity index (χ2n) is 6.75. The number of hydrogen-bond donors (Lipinski definition) is 1. The van der Waals surface area contributed by atoms with E-state index >= 15 is 0 Å². The Morgan fingerprint density at radius 1 is 0.968 bits per heavy atom. The van der Waals surface area contributed by atoms with Crippen molar-refractivity contribution in [2.24, 2.45) is 0 Å². The maximum absolute atomic E-state index is 13.3. The predicted molar refractivity (Wildman–Crippen MR) is 117 cm³/mol. The van der Waals surface area contributed by atoms with E-state index in [1.54, 1.807) is 54.6 Å². The zero-order chi connectivity index (χ0) is 22.3. The molecule has 0 aromatic heterocycles. The number of hydrogen-bond acceptors (Lipinski definition) is 4. The smallest absolute Gasteiger partial charge is 0.264 e. The van der Waals surface area contributed by atoms with Crippen LogP contribution in [0.4, 0.5) is 10.1 Å². The van der Waals surface area contributed by atoms with Crippen LogP contribution in [0.5, 0.6) is 5.75 Å². The number of amides is 1. The van der Waals surface area contributed by atoms with Crippen LogP contribution >= 0.6 is 0 Å². The molecular weight excluding hydrogens is 419 g/mol. The van der Waals surface area contributed by atoms with Crippen molar-refractivity contribution in [3.63, 3.8) is 0 Å². The Kier molecular flexibility index (Phi) is 7.25. The molecule has 0 fully saturated rings. The first kappa shape index (κ1) is 22.3. The van der Waals surface area contributed by atoms with E-state index in [9.17, 15) is 17.6 Å². The van der Waals surface area contributed by atoms with E-state index < -0.39 is 15.9 Å². The predicted octanol–water partition coefficient (Wildman–Crippen LogP) is 3.39. The van der Waals surface area contributed by atoms with E-state index in [0.717, 1.165) is 9.87 Å². The quantitative estimate of drug-likeness (QED) is 0.551. The number of anilines is 1. The molecule has 0 unspecified atom stereocenters. The highest BCUT2D eigenvalue weighted by atomic mass is 32.2.